The van der Waals surface area contributed by atoms with E-state index in [1.54, 1.807) is 12.5 Å². The molecule has 0 saturated carbocycles. The number of nitrogens with zero attached hydrogens (tertiary/aromatic N) is 3. The molecule has 0 unspecified atom stereocenters. The number of aromatic nitrogens is 2. The van der Waals surface area contributed by atoms with Crippen LogP contribution in [0.1, 0.15) is 30.5 Å². The summed E-state index contributed by atoms with van der Waals surface area (Å²) in [6, 6.07) is 6.67. The van der Waals surface area contributed by atoms with Crippen LogP contribution in [0.5, 0.6) is 0 Å². The van der Waals surface area contributed by atoms with E-state index in [0.717, 1.165) is 31.6 Å². The largest absolute Gasteiger partial charge is 0.364 e. The zero-order chi connectivity index (χ0) is 20.0. The highest BCUT2D eigenvalue weighted by atomic mass is 16.5. The molecule has 1 aliphatic heterocycles. The van der Waals surface area contributed by atoms with Crippen molar-refractivity contribution >= 4 is 22.4 Å². The summed E-state index contributed by atoms with van der Waals surface area (Å²) in [5.74, 6) is 0.0695. The predicted molar refractivity (Wildman–Crippen MR) is 112 cm³/mol. The molecule has 29 heavy (non-hydrogen) atoms. The van der Waals surface area contributed by atoms with E-state index in [9.17, 15) is 4.79 Å². The van der Waals surface area contributed by atoms with Gasteiger partial charge in [0, 0.05) is 54.9 Å². The molecule has 0 fully saturated rings. The van der Waals surface area contributed by atoms with Gasteiger partial charge in [-0.3, -0.25) is 9.69 Å². The highest BCUT2D eigenvalue weighted by molar-refractivity contribution is 5.99. The zero-order valence-corrected chi connectivity index (χ0v) is 16.9. The van der Waals surface area contributed by atoms with Gasteiger partial charge in [0.05, 0.1) is 12.1 Å². The molecule has 2 aromatic heterocycles. The van der Waals surface area contributed by atoms with E-state index < -0.39 is 0 Å². The summed E-state index contributed by atoms with van der Waals surface area (Å²) in [5, 5.41) is 5.16. The van der Waals surface area contributed by atoms with Crippen molar-refractivity contribution in [2.45, 2.75) is 32.9 Å². The smallest absolute Gasteiger partial charge is 0.230 e. The van der Waals surface area contributed by atoms with Crippen molar-refractivity contribution in [2.75, 3.05) is 19.6 Å². The summed E-state index contributed by atoms with van der Waals surface area (Å²) in [7, 11) is 0. The van der Waals surface area contributed by atoms with Gasteiger partial charge < -0.3 is 14.4 Å². The number of benzene rings is 1. The number of nitrogens with one attached hydrogen (secondary N) is 1. The molecule has 1 aliphatic carbocycles. The first kappa shape index (κ1) is 18.2. The van der Waals surface area contributed by atoms with Gasteiger partial charge in [-0.15, -0.1) is 0 Å². The fourth-order valence-corrected chi connectivity index (χ4v) is 4.96. The summed E-state index contributed by atoms with van der Waals surface area (Å²) in [5.41, 5.74) is 6.08. The van der Waals surface area contributed by atoms with Gasteiger partial charge >= 0.3 is 0 Å². The maximum atomic E-state index is 13.2. The summed E-state index contributed by atoms with van der Waals surface area (Å²) < 4.78 is 5.06. The van der Waals surface area contributed by atoms with Crippen LogP contribution in [0.3, 0.4) is 0 Å². The molecule has 3 aromatic rings. The Kier molecular flexibility index (Phi) is 4.51. The summed E-state index contributed by atoms with van der Waals surface area (Å²) in [6.07, 6.45) is 8.78. The summed E-state index contributed by atoms with van der Waals surface area (Å²) in [4.78, 5) is 21.0. The second-order valence-corrected chi connectivity index (χ2v) is 7.96. The molecular formula is C23H26N4O2. The number of aromatic amines is 1. The summed E-state index contributed by atoms with van der Waals surface area (Å²) in [6.45, 7) is 7.00. The van der Waals surface area contributed by atoms with Crippen LogP contribution in [-0.2, 0) is 17.8 Å². The van der Waals surface area contributed by atoms with Gasteiger partial charge in [-0.2, -0.15) is 0 Å². The average molecular weight is 390 g/mol. The number of hydrogen-bond acceptors (Lipinski definition) is 4. The number of amides is 1. The van der Waals surface area contributed by atoms with E-state index >= 15 is 0 Å². The van der Waals surface area contributed by atoms with E-state index in [4.69, 9.17) is 4.52 Å². The highest BCUT2D eigenvalue weighted by Gasteiger charge is 2.38. The molecule has 2 aliphatic rings. The third-order valence-electron chi connectivity index (χ3n) is 6.38. The van der Waals surface area contributed by atoms with Gasteiger partial charge in [0.2, 0.25) is 5.91 Å². The van der Waals surface area contributed by atoms with Gasteiger partial charge in [0.25, 0.3) is 0 Å². The minimum absolute atomic E-state index is 0.142. The number of H-pyrrole nitrogens is 1. The van der Waals surface area contributed by atoms with Crippen molar-refractivity contribution in [3.63, 3.8) is 0 Å². The Labute approximate surface area is 170 Å². The molecule has 1 N–H and O–H groups in total. The van der Waals surface area contributed by atoms with Crippen molar-refractivity contribution in [3.05, 3.63) is 59.6 Å². The Morgan fingerprint density at radius 2 is 2.21 bits per heavy atom. The molecule has 6 nitrogen and oxygen atoms in total. The number of hydrogen-bond donors (Lipinski definition) is 1. The third-order valence-corrected chi connectivity index (χ3v) is 6.38. The first-order chi connectivity index (χ1) is 14.2. The lowest BCUT2D eigenvalue weighted by Crippen LogP contribution is -2.48. The lowest BCUT2D eigenvalue weighted by Gasteiger charge is -2.42. The normalized spacial score (nSPS) is 21.1. The van der Waals surface area contributed by atoms with Crippen LogP contribution in [0.2, 0.25) is 0 Å². The molecule has 0 saturated heterocycles. The topological polar surface area (TPSA) is 65.4 Å². The van der Waals surface area contributed by atoms with Gasteiger partial charge in [-0.05, 0) is 43.0 Å². The predicted octanol–water partition coefficient (Wildman–Crippen LogP) is 3.46. The maximum absolute atomic E-state index is 13.2. The number of rotatable bonds is 5. The van der Waals surface area contributed by atoms with Crippen LogP contribution < -0.4 is 0 Å². The standard InChI is InChI=1S/C23H26N4O2/c1-3-26(4-2)23(28)17-8-19-18-6-5-7-20-22(18)16(11-24-20)9-21(19)27(13-17)12-15-10-25-29-14-15/h5-8,10-11,14,17,21,24H,3-4,9,12-13H2,1-2H3/t17-,21-/m1/s1. The van der Waals surface area contributed by atoms with Crippen LogP contribution >= 0.6 is 0 Å². The van der Waals surface area contributed by atoms with Gasteiger partial charge in [0.1, 0.15) is 6.26 Å². The Bertz CT molecular complexity index is 1060. The SMILES string of the molecule is CCN(CC)C(=O)[C@@H]1C=C2c3cccc4[nH]cc(c34)C[C@H]2N(Cc2cnoc2)C1. The number of carbonyl (C=O) groups is 1. The number of fused-ring (bicyclic) bond motifs is 2. The average Bonchev–Trinajstić information content (AvgIpc) is 3.40. The van der Waals surface area contributed by atoms with E-state index in [1.807, 2.05) is 18.7 Å². The third kappa shape index (κ3) is 2.99. The first-order valence-corrected chi connectivity index (χ1v) is 10.4. The van der Waals surface area contributed by atoms with E-state index in [0.29, 0.717) is 6.54 Å². The molecule has 6 heteroatoms. The van der Waals surface area contributed by atoms with Crippen LogP contribution in [0.4, 0.5) is 0 Å². The Morgan fingerprint density at radius 1 is 1.34 bits per heavy atom. The second-order valence-electron chi connectivity index (χ2n) is 7.96. The fraction of sp³-hybridized carbons (Fsp3) is 0.391. The monoisotopic (exact) mass is 390 g/mol. The summed E-state index contributed by atoms with van der Waals surface area (Å²) >= 11 is 0. The molecule has 0 radical (unpaired) electrons. The molecule has 1 aromatic carbocycles. The molecule has 0 bridgehead atoms. The highest BCUT2D eigenvalue weighted by Crippen LogP contribution is 2.41. The van der Waals surface area contributed by atoms with E-state index in [2.05, 4.69) is 45.5 Å². The van der Waals surface area contributed by atoms with Crippen molar-refractivity contribution in [1.29, 1.82) is 0 Å². The molecule has 3 heterocycles. The molecule has 150 valence electrons. The van der Waals surface area contributed by atoms with Crippen molar-refractivity contribution in [1.82, 2.24) is 19.9 Å². The minimum Gasteiger partial charge on any atom is -0.364 e. The van der Waals surface area contributed by atoms with Crippen LogP contribution in [0, 0.1) is 5.92 Å². The Morgan fingerprint density at radius 3 is 2.97 bits per heavy atom. The quantitative estimate of drug-likeness (QED) is 0.725. The first-order valence-electron chi connectivity index (χ1n) is 10.4. The van der Waals surface area contributed by atoms with Crippen molar-refractivity contribution in [3.8, 4) is 0 Å². The van der Waals surface area contributed by atoms with E-state index in [-0.39, 0.29) is 17.9 Å². The lowest BCUT2D eigenvalue weighted by atomic mass is 9.79. The van der Waals surface area contributed by atoms with Gasteiger partial charge in [-0.1, -0.05) is 23.4 Å². The molecule has 5 rings (SSSR count). The molecule has 2 atom stereocenters. The van der Waals surface area contributed by atoms with Crippen LogP contribution in [-0.4, -0.2) is 51.5 Å². The van der Waals surface area contributed by atoms with Crippen molar-refractivity contribution in [2.24, 2.45) is 5.92 Å². The van der Waals surface area contributed by atoms with Crippen LogP contribution in [0.15, 0.2) is 47.5 Å². The van der Waals surface area contributed by atoms with E-state index in [1.165, 1.54) is 27.6 Å². The minimum atomic E-state index is -0.142. The van der Waals surface area contributed by atoms with Crippen molar-refractivity contribution < 1.29 is 9.32 Å². The van der Waals surface area contributed by atoms with Gasteiger partial charge in [-0.25, -0.2) is 0 Å². The van der Waals surface area contributed by atoms with Crippen LogP contribution in [0.25, 0.3) is 16.5 Å². The Hall–Kier alpha value is -2.86. The fourth-order valence-electron chi connectivity index (χ4n) is 4.96. The lowest BCUT2D eigenvalue weighted by molar-refractivity contribution is -0.134. The Balaban J connectivity index is 1.59. The molecule has 1 amide bonds. The van der Waals surface area contributed by atoms with Gasteiger partial charge in [0.15, 0.2) is 0 Å². The molecule has 0 spiro atoms. The zero-order valence-electron chi connectivity index (χ0n) is 16.9. The molecular weight excluding hydrogens is 364 g/mol. The second kappa shape index (κ2) is 7.19. The maximum Gasteiger partial charge on any atom is 0.230 e. The number of carbonyl (C=O) groups excluding carboxylic acids is 1.